The Kier molecular flexibility index (Phi) is 3.07. The zero-order valence-corrected chi connectivity index (χ0v) is 6.90. The minimum atomic E-state index is 0.313. The molecule has 64 valence electrons. The lowest BCUT2D eigenvalue weighted by Crippen LogP contribution is -2.00. The quantitative estimate of drug-likeness (QED) is 0.679. The summed E-state index contributed by atoms with van der Waals surface area (Å²) in [7, 11) is 0. The molecule has 0 amide bonds. The number of aromatic nitrogens is 2. The molecule has 1 aromatic heterocycles. The van der Waals surface area contributed by atoms with Gasteiger partial charge in [-0.25, -0.2) is 4.98 Å². The number of rotatable bonds is 3. The number of allylic oxidation sites excluding steroid dienone is 1. The van der Waals surface area contributed by atoms with Crippen LogP contribution in [0.25, 0.3) is 0 Å². The summed E-state index contributed by atoms with van der Waals surface area (Å²) >= 11 is 0. The molecule has 0 fully saturated rings. The molecule has 4 heteroatoms. The van der Waals surface area contributed by atoms with E-state index in [-0.39, 0.29) is 0 Å². The Morgan fingerprint density at radius 1 is 1.67 bits per heavy atom. The molecule has 0 saturated carbocycles. The summed E-state index contributed by atoms with van der Waals surface area (Å²) in [6, 6.07) is 1.93. The van der Waals surface area contributed by atoms with E-state index in [4.69, 9.17) is 10.5 Å². The topological polar surface area (TPSA) is 61.0 Å². The molecule has 4 nitrogen and oxygen atoms in total. The second-order valence-corrected chi connectivity index (χ2v) is 2.14. The molecule has 0 saturated heterocycles. The Morgan fingerprint density at radius 2 is 2.50 bits per heavy atom. The van der Waals surface area contributed by atoms with Gasteiger partial charge in [0, 0.05) is 6.20 Å². The summed E-state index contributed by atoms with van der Waals surface area (Å²) in [6.45, 7) is 2.39. The lowest BCUT2D eigenvalue weighted by atomic mass is 10.5. The van der Waals surface area contributed by atoms with Crippen LogP contribution >= 0.6 is 0 Å². The summed E-state index contributed by atoms with van der Waals surface area (Å²) < 4.78 is 5.14. The standard InChI is InChI=1S/C8H11N3O/c1-2-3-6-12-8-10-5-4-7(9)11-8/h2-5H,6H2,1H3,(H2,9,10,11)/b3-2+. The molecule has 0 bridgehead atoms. The molecule has 1 rings (SSSR count). The molecule has 12 heavy (non-hydrogen) atoms. The third kappa shape index (κ3) is 2.57. The van der Waals surface area contributed by atoms with Crippen molar-refractivity contribution in [1.29, 1.82) is 0 Å². The Bertz CT molecular complexity index is 273. The van der Waals surface area contributed by atoms with Gasteiger partial charge < -0.3 is 10.5 Å². The normalized spacial score (nSPS) is 10.4. The highest BCUT2D eigenvalue weighted by atomic mass is 16.5. The van der Waals surface area contributed by atoms with Crippen LogP contribution in [0.5, 0.6) is 6.01 Å². The first-order chi connectivity index (χ1) is 5.83. The van der Waals surface area contributed by atoms with Crippen LogP contribution in [0.4, 0.5) is 5.82 Å². The van der Waals surface area contributed by atoms with Gasteiger partial charge in [0.25, 0.3) is 0 Å². The van der Waals surface area contributed by atoms with E-state index >= 15 is 0 Å². The van der Waals surface area contributed by atoms with Crippen LogP contribution < -0.4 is 10.5 Å². The van der Waals surface area contributed by atoms with Gasteiger partial charge in [0.05, 0.1) is 0 Å². The Labute approximate surface area is 71.1 Å². The predicted octanol–water partition coefficient (Wildman–Crippen LogP) is 1.01. The monoisotopic (exact) mass is 165 g/mol. The van der Waals surface area contributed by atoms with E-state index in [0.29, 0.717) is 18.4 Å². The number of ether oxygens (including phenoxy) is 1. The molecule has 0 aliphatic rings. The Balaban J connectivity index is 2.52. The molecule has 1 heterocycles. The van der Waals surface area contributed by atoms with E-state index in [1.165, 1.54) is 0 Å². The van der Waals surface area contributed by atoms with Crippen molar-refractivity contribution in [2.45, 2.75) is 6.92 Å². The minimum absolute atomic E-state index is 0.313. The second-order valence-electron chi connectivity index (χ2n) is 2.14. The van der Waals surface area contributed by atoms with Gasteiger partial charge in [-0.15, -0.1) is 0 Å². The first-order valence-electron chi connectivity index (χ1n) is 3.65. The van der Waals surface area contributed by atoms with Crippen molar-refractivity contribution in [2.24, 2.45) is 0 Å². The van der Waals surface area contributed by atoms with Crippen molar-refractivity contribution >= 4 is 5.82 Å². The Hall–Kier alpha value is -1.58. The number of nitrogen functional groups attached to an aromatic ring is 1. The Morgan fingerprint density at radius 3 is 3.17 bits per heavy atom. The van der Waals surface area contributed by atoms with Crippen molar-refractivity contribution in [3.63, 3.8) is 0 Å². The number of nitrogens with two attached hydrogens (primary N) is 1. The molecule has 2 N–H and O–H groups in total. The SMILES string of the molecule is C/C=C/COc1nccc(N)n1. The molecule has 0 radical (unpaired) electrons. The van der Waals surface area contributed by atoms with Gasteiger partial charge in [-0.05, 0) is 13.0 Å². The predicted molar refractivity (Wildman–Crippen MR) is 46.8 cm³/mol. The smallest absolute Gasteiger partial charge is 0.318 e. The molecule has 1 aromatic rings. The van der Waals surface area contributed by atoms with Gasteiger partial charge in [0.15, 0.2) is 0 Å². The number of nitrogens with zero attached hydrogens (tertiary/aromatic N) is 2. The zero-order valence-electron chi connectivity index (χ0n) is 6.90. The molecule has 0 atom stereocenters. The third-order valence-electron chi connectivity index (χ3n) is 1.20. The lowest BCUT2D eigenvalue weighted by molar-refractivity contribution is 0.333. The maximum atomic E-state index is 5.41. The van der Waals surface area contributed by atoms with Crippen LogP contribution in [-0.4, -0.2) is 16.6 Å². The third-order valence-corrected chi connectivity index (χ3v) is 1.20. The summed E-state index contributed by atoms with van der Waals surface area (Å²) in [5, 5.41) is 0. The van der Waals surface area contributed by atoms with E-state index in [0.717, 1.165) is 0 Å². The van der Waals surface area contributed by atoms with Crippen molar-refractivity contribution in [3.05, 3.63) is 24.4 Å². The van der Waals surface area contributed by atoms with Crippen LogP contribution in [0.3, 0.4) is 0 Å². The van der Waals surface area contributed by atoms with Gasteiger partial charge in [-0.1, -0.05) is 12.2 Å². The summed E-state index contributed by atoms with van der Waals surface area (Å²) in [5.41, 5.74) is 5.41. The van der Waals surface area contributed by atoms with Crippen molar-refractivity contribution in [1.82, 2.24) is 9.97 Å². The fourth-order valence-electron chi connectivity index (χ4n) is 0.642. The minimum Gasteiger partial charge on any atom is -0.459 e. The van der Waals surface area contributed by atoms with Crippen LogP contribution in [0.15, 0.2) is 24.4 Å². The van der Waals surface area contributed by atoms with Gasteiger partial charge in [0.2, 0.25) is 0 Å². The largest absolute Gasteiger partial charge is 0.459 e. The van der Waals surface area contributed by atoms with E-state index < -0.39 is 0 Å². The highest BCUT2D eigenvalue weighted by molar-refractivity contribution is 5.26. The molecule has 0 unspecified atom stereocenters. The number of hydrogen-bond donors (Lipinski definition) is 1. The van der Waals surface area contributed by atoms with Gasteiger partial charge >= 0.3 is 6.01 Å². The van der Waals surface area contributed by atoms with Gasteiger partial charge in [-0.3, -0.25) is 0 Å². The average Bonchev–Trinajstić information content (AvgIpc) is 2.05. The molecule has 0 aliphatic carbocycles. The zero-order chi connectivity index (χ0) is 8.81. The van der Waals surface area contributed by atoms with E-state index in [1.807, 2.05) is 19.1 Å². The van der Waals surface area contributed by atoms with Crippen LogP contribution in [0.2, 0.25) is 0 Å². The van der Waals surface area contributed by atoms with Crippen molar-refractivity contribution in [3.8, 4) is 6.01 Å². The van der Waals surface area contributed by atoms with E-state index in [1.54, 1.807) is 12.3 Å². The van der Waals surface area contributed by atoms with Gasteiger partial charge in [-0.2, -0.15) is 4.98 Å². The fraction of sp³-hybridized carbons (Fsp3) is 0.250. The van der Waals surface area contributed by atoms with Crippen molar-refractivity contribution in [2.75, 3.05) is 12.3 Å². The molecular weight excluding hydrogens is 154 g/mol. The van der Waals surface area contributed by atoms with E-state index in [9.17, 15) is 0 Å². The van der Waals surface area contributed by atoms with Crippen LogP contribution in [-0.2, 0) is 0 Å². The summed E-state index contributed by atoms with van der Waals surface area (Å²) in [6.07, 6.45) is 5.33. The maximum absolute atomic E-state index is 5.41. The van der Waals surface area contributed by atoms with E-state index in [2.05, 4.69) is 9.97 Å². The molecule has 0 aromatic carbocycles. The fourth-order valence-corrected chi connectivity index (χ4v) is 0.642. The van der Waals surface area contributed by atoms with Crippen molar-refractivity contribution < 1.29 is 4.74 Å². The molecular formula is C8H11N3O. The first kappa shape index (κ1) is 8.52. The summed E-state index contributed by atoms with van der Waals surface area (Å²) in [5.74, 6) is 0.417. The molecule has 0 spiro atoms. The number of anilines is 1. The molecule has 0 aliphatic heterocycles. The maximum Gasteiger partial charge on any atom is 0.318 e. The highest BCUT2D eigenvalue weighted by Gasteiger charge is 1.94. The average molecular weight is 165 g/mol. The summed E-state index contributed by atoms with van der Waals surface area (Å²) in [4.78, 5) is 7.72. The highest BCUT2D eigenvalue weighted by Crippen LogP contribution is 2.02. The van der Waals surface area contributed by atoms with Crippen LogP contribution in [0.1, 0.15) is 6.92 Å². The second kappa shape index (κ2) is 4.33. The number of hydrogen-bond acceptors (Lipinski definition) is 4. The van der Waals surface area contributed by atoms with Gasteiger partial charge in [0.1, 0.15) is 12.4 Å². The van der Waals surface area contributed by atoms with Crippen LogP contribution in [0, 0.1) is 0 Å². The first-order valence-corrected chi connectivity index (χ1v) is 3.65. The lowest BCUT2D eigenvalue weighted by Gasteiger charge is -1.99.